The number of esters is 1. The van der Waals surface area contributed by atoms with Gasteiger partial charge in [-0.15, -0.1) is 5.10 Å². The minimum absolute atomic E-state index is 0.111. The lowest BCUT2D eigenvalue weighted by atomic mass is 10.0. The van der Waals surface area contributed by atoms with Crippen molar-refractivity contribution >= 4 is 23.3 Å². The molecule has 8 heteroatoms. The second kappa shape index (κ2) is 7.03. The Balaban J connectivity index is 1.52. The van der Waals surface area contributed by atoms with E-state index in [9.17, 15) is 9.59 Å². The molecule has 1 aliphatic heterocycles. The molecule has 0 aliphatic carbocycles. The Kier molecular flexibility index (Phi) is 4.54. The minimum Gasteiger partial charge on any atom is -0.447 e. The zero-order valence-corrected chi connectivity index (χ0v) is 16.0. The zero-order valence-electron chi connectivity index (χ0n) is 16.0. The number of para-hydroxylation sites is 1. The Hall–Kier alpha value is -3.29. The first-order chi connectivity index (χ1) is 13.4. The molecule has 0 fully saturated rings. The molecule has 0 radical (unpaired) electrons. The van der Waals surface area contributed by atoms with Crippen LogP contribution in [0.15, 0.2) is 30.3 Å². The molecule has 0 saturated heterocycles. The van der Waals surface area contributed by atoms with Gasteiger partial charge in [-0.1, -0.05) is 18.2 Å². The van der Waals surface area contributed by atoms with Crippen molar-refractivity contribution in [2.24, 2.45) is 0 Å². The number of benzene rings is 1. The van der Waals surface area contributed by atoms with E-state index < -0.39 is 12.1 Å². The van der Waals surface area contributed by atoms with E-state index in [0.717, 1.165) is 35.5 Å². The number of nitrogens with zero attached hydrogens (tertiary/aromatic N) is 5. The summed E-state index contributed by atoms with van der Waals surface area (Å²) in [6, 6.07) is 9.64. The fraction of sp³-hybridized carbons (Fsp3) is 0.350. The van der Waals surface area contributed by atoms with Crippen LogP contribution >= 0.6 is 0 Å². The molecule has 3 aromatic rings. The Morgan fingerprint density at radius 1 is 1.18 bits per heavy atom. The third kappa shape index (κ3) is 3.21. The van der Waals surface area contributed by atoms with E-state index in [1.165, 1.54) is 4.52 Å². The van der Waals surface area contributed by atoms with Gasteiger partial charge in [-0.05, 0) is 51.3 Å². The van der Waals surface area contributed by atoms with Gasteiger partial charge in [0.05, 0.1) is 0 Å². The predicted octanol–water partition coefficient (Wildman–Crippen LogP) is 2.27. The van der Waals surface area contributed by atoms with Crippen molar-refractivity contribution in [2.75, 3.05) is 11.4 Å². The van der Waals surface area contributed by atoms with Gasteiger partial charge in [0.25, 0.3) is 17.5 Å². The highest BCUT2D eigenvalue weighted by Crippen LogP contribution is 2.27. The quantitative estimate of drug-likeness (QED) is 0.649. The van der Waals surface area contributed by atoms with Crippen LogP contribution in [0.4, 0.5) is 5.69 Å². The number of hydrogen-bond donors (Lipinski definition) is 0. The summed E-state index contributed by atoms with van der Waals surface area (Å²) in [5.74, 6) is -0.781. The average molecular weight is 379 g/mol. The molecular weight excluding hydrogens is 358 g/mol. The Bertz CT molecular complexity index is 1070. The molecule has 4 rings (SSSR count). The van der Waals surface area contributed by atoms with Crippen LogP contribution in [0.25, 0.3) is 5.78 Å². The molecule has 1 atom stereocenters. The first-order valence-corrected chi connectivity index (χ1v) is 9.25. The molecule has 0 saturated carbocycles. The van der Waals surface area contributed by atoms with E-state index >= 15 is 0 Å². The summed E-state index contributed by atoms with van der Waals surface area (Å²) in [5.41, 5.74) is 3.59. The number of amides is 1. The van der Waals surface area contributed by atoms with Gasteiger partial charge < -0.3 is 9.64 Å². The number of hydrogen-bond acceptors (Lipinski definition) is 6. The summed E-state index contributed by atoms with van der Waals surface area (Å²) in [7, 11) is 0. The van der Waals surface area contributed by atoms with Crippen molar-refractivity contribution in [3.05, 3.63) is 53.1 Å². The van der Waals surface area contributed by atoms with E-state index in [2.05, 4.69) is 15.1 Å². The van der Waals surface area contributed by atoms with Gasteiger partial charge in [-0.25, -0.2) is 14.3 Å². The highest BCUT2D eigenvalue weighted by atomic mass is 16.5. The van der Waals surface area contributed by atoms with E-state index in [1.807, 2.05) is 44.2 Å². The van der Waals surface area contributed by atoms with Crippen LogP contribution in [-0.2, 0) is 16.0 Å². The van der Waals surface area contributed by atoms with Gasteiger partial charge >= 0.3 is 5.97 Å². The molecule has 1 amide bonds. The lowest BCUT2D eigenvalue weighted by Crippen LogP contribution is -2.42. The maximum atomic E-state index is 12.9. The largest absolute Gasteiger partial charge is 0.447 e. The third-order valence-electron chi connectivity index (χ3n) is 4.81. The van der Waals surface area contributed by atoms with Crippen LogP contribution in [0, 0.1) is 13.8 Å². The molecule has 28 heavy (non-hydrogen) atoms. The number of aryl methyl sites for hydroxylation is 3. The van der Waals surface area contributed by atoms with Crippen LogP contribution in [-0.4, -0.2) is 44.1 Å². The Morgan fingerprint density at radius 2 is 1.96 bits per heavy atom. The number of carbonyl (C=O) groups excluding carboxylic acids is 2. The van der Waals surface area contributed by atoms with E-state index in [-0.39, 0.29) is 11.7 Å². The molecule has 3 heterocycles. The molecule has 1 aliphatic rings. The summed E-state index contributed by atoms with van der Waals surface area (Å²) in [4.78, 5) is 35.5. The van der Waals surface area contributed by atoms with Crippen LogP contribution in [0.1, 0.15) is 40.9 Å². The molecule has 0 unspecified atom stereocenters. The first-order valence-electron chi connectivity index (χ1n) is 9.25. The zero-order chi connectivity index (χ0) is 19.8. The predicted molar refractivity (Wildman–Crippen MR) is 102 cm³/mol. The molecule has 8 nitrogen and oxygen atoms in total. The average Bonchev–Trinajstić information content (AvgIpc) is 3.11. The van der Waals surface area contributed by atoms with Crippen LogP contribution in [0.3, 0.4) is 0 Å². The van der Waals surface area contributed by atoms with Crippen LogP contribution < -0.4 is 4.90 Å². The molecule has 0 N–H and O–H groups in total. The van der Waals surface area contributed by atoms with Gasteiger partial charge in [0, 0.05) is 23.6 Å². The molecule has 0 bridgehead atoms. The fourth-order valence-electron chi connectivity index (χ4n) is 3.50. The highest BCUT2D eigenvalue weighted by Gasteiger charge is 2.29. The maximum absolute atomic E-state index is 12.9. The maximum Gasteiger partial charge on any atom is 0.379 e. The van der Waals surface area contributed by atoms with Crippen molar-refractivity contribution in [1.29, 1.82) is 0 Å². The lowest BCUT2D eigenvalue weighted by Gasteiger charge is -2.31. The molecular formula is C20H21N5O3. The van der Waals surface area contributed by atoms with Gasteiger partial charge in [0.2, 0.25) is 0 Å². The number of ether oxygens (including phenoxy) is 1. The monoisotopic (exact) mass is 379 g/mol. The van der Waals surface area contributed by atoms with E-state index in [1.54, 1.807) is 11.8 Å². The highest BCUT2D eigenvalue weighted by molar-refractivity contribution is 5.99. The summed E-state index contributed by atoms with van der Waals surface area (Å²) < 4.78 is 6.85. The number of anilines is 1. The number of aromatic nitrogens is 4. The van der Waals surface area contributed by atoms with Crippen molar-refractivity contribution in [2.45, 2.75) is 39.7 Å². The Labute approximate surface area is 162 Å². The van der Waals surface area contributed by atoms with Crippen LogP contribution in [0.2, 0.25) is 0 Å². The SMILES string of the molecule is Cc1cc(C)n2nc(C(=O)O[C@H](C)C(=O)N3CCCc4ccccc43)nc2n1. The van der Waals surface area contributed by atoms with Crippen molar-refractivity contribution < 1.29 is 14.3 Å². The normalized spacial score (nSPS) is 14.6. The van der Waals surface area contributed by atoms with E-state index in [4.69, 9.17) is 4.74 Å². The summed E-state index contributed by atoms with van der Waals surface area (Å²) in [6.07, 6.45) is 0.869. The number of rotatable bonds is 3. The topological polar surface area (TPSA) is 89.7 Å². The number of carbonyl (C=O) groups is 2. The van der Waals surface area contributed by atoms with E-state index in [0.29, 0.717) is 12.3 Å². The Morgan fingerprint density at radius 3 is 2.79 bits per heavy atom. The summed E-state index contributed by atoms with van der Waals surface area (Å²) in [5, 5.41) is 4.16. The molecule has 144 valence electrons. The summed E-state index contributed by atoms with van der Waals surface area (Å²) in [6.45, 7) is 5.87. The van der Waals surface area contributed by atoms with Gasteiger partial charge in [-0.3, -0.25) is 4.79 Å². The molecule has 2 aromatic heterocycles. The van der Waals surface area contributed by atoms with Crippen molar-refractivity contribution in [3.8, 4) is 0 Å². The number of fused-ring (bicyclic) bond motifs is 2. The third-order valence-corrected chi connectivity index (χ3v) is 4.81. The van der Waals surface area contributed by atoms with Crippen molar-refractivity contribution in [1.82, 2.24) is 19.6 Å². The summed E-state index contributed by atoms with van der Waals surface area (Å²) >= 11 is 0. The second-order valence-electron chi connectivity index (χ2n) is 6.96. The minimum atomic E-state index is -0.943. The van der Waals surface area contributed by atoms with Crippen LogP contribution in [0.5, 0.6) is 0 Å². The smallest absolute Gasteiger partial charge is 0.379 e. The second-order valence-corrected chi connectivity index (χ2v) is 6.96. The lowest BCUT2D eigenvalue weighted by molar-refractivity contribution is -0.126. The van der Waals surface area contributed by atoms with Gasteiger partial charge in [0.15, 0.2) is 6.10 Å². The van der Waals surface area contributed by atoms with Gasteiger partial charge in [0.1, 0.15) is 0 Å². The van der Waals surface area contributed by atoms with Crippen molar-refractivity contribution in [3.63, 3.8) is 0 Å². The molecule has 0 spiro atoms. The standard InChI is InChI=1S/C20H21N5O3/c1-12-11-13(2)25-20(21-12)22-17(23-25)19(27)28-14(3)18(26)24-10-6-8-15-7-4-5-9-16(15)24/h4-5,7,9,11,14H,6,8,10H2,1-3H3/t14-/m1/s1. The molecule has 1 aromatic carbocycles. The van der Waals surface area contributed by atoms with Gasteiger partial charge in [-0.2, -0.15) is 4.98 Å². The first kappa shape index (κ1) is 18.1. The fourth-order valence-corrected chi connectivity index (χ4v) is 3.50.